The van der Waals surface area contributed by atoms with Gasteiger partial charge in [-0.05, 0) is 39.0 Å². The Balaban J connectivity index is 1.78. The minimum atomic E-state index is 0.664. The van der Waals surface area contributed by atoms with E-state index < -0.39 is 0 Å². The fourth-order valence-electron chi connectivity index (χ4n) is 4.13. The van der Waals surface area contributed by atoms with Crippen LogP contribution in [-0.4, -0.2) is 37.0 Å². The molecule has 5 rings (SSSR count). The van der Waals surface area contributed by atoms with Crippen molar-refractivity contribution in [3.05, 3.63) is 53.1 Å². The van der Waals surface area contributed by atoms with Crippen molar-refractivity contribution >= 4 is 21.9 Å². The highest BCUT2D eigenvalue weighted by Crippen LogP contribution is 2.40. The lowest BCUT2D eigenvalue weighted by atomic mass is 10.00. The topological polar surface area (TPSA) is 94.7 Å². The van der Waals surface area contributed by atoms with Gasteiger partial charge in [-0.3, -0.25) is 4.68 Å². The van der Waals surface area contributed by atoms with Gasteiger partial charge in [0.2, 0.25) is 0 Å². The van der Waals surface area contributed by atoms with Crippen LogP contribution >= 0.6 is 0 Å². The second-order valence-corrected chi connectivity index (χ2v) is 7.49. The largest absolute Gasteiger partial charge is 0.496 e. The molecule has 152 valence electrons. The summed E-state index contributed by atoms with van der Waals surface area (Å²) in [5.41, 5.74) is 6.53. The van der Waals surface area contributed by atoms with E-state index >= 15 is 0 Å². The highest BCUT2D eigenvalue weighted by atomic mass is 16.5. The molecule has 30 heavy (non-hydrogen) atoms. The molecule has 4 heterocycles. The number of ether oxygens (including phenoxy) is 1. The first-order valence-corrected chi connectivity index (χ1v) is 9.73. The van der Waals surface area contributed by atoms with E-state index in [4.69, 9.17) is 14.2 Å². The zero-order valence-electron chi connectivity index (χ0n) is 17.6. The smallest absolute Gasteiger partial charge is 0.142 e. The fourth-order valence-corrected chi connectivity index (χ4v) is 4.13. The molecule has 1 N–H and O–H groups in total. The molecule has 1 aromatic carbocycles. The van der Waals surface area contributed by atoms with Gasteiger partial charge < -0.3 is 14.2 Å². The Labute approximate surface area is 172 Å². The van der Waals surface area contributed by atoms with E-state index in [1.54, 1.807) is 13.3 Å². The molecule has 0 aliphatic rings. The summed E-state index contributed by atoms with van der Waals surface area (Å²) in [5.74, 6) is 2.24. The molecule has 0 saturated carbocycles. The number of fused-ring (bicyclic) bond motifs is 3. The first-order valence-electron chi connectivity index (χ1n) is 9.73. The van der Waals surface area contributed by atoms with Gasteiger partial charge >= 0.3 is 0 Å². The summed E-state index contributed by atoms with van der Waals surface area (Å²) < 4.78 is 13.0. The summed E-state index contributed by atoms with van der Waals surface area (Å²) >= 11 is 0. The molecule has 8 heteroatoms. The highest BCUT2D eigenvalue weighted by Gasteiger charge is 2.20. The maximum absolute atomic E-state index is 5.76. The van der Waals surface area contributed by atoms with Gasteiger partial charge in [-0.1, -0.05) is 5.16 Å². The molecular weight excluding hydrogens is 380 g/mol. The molecule has 4 aromatic heterocycles. The summed E-state index contributed by atoms with van der Waals surface area (Å²) in [7, 11) is 3.61. The number of aromatic amines is 1. The van der Waals surface area contributed by atoms with Crippen molar-refractivity contribution in [2.75, 3.05) is 7.11 Å². The Kier molecular flexibility index (Phi) is 4.09. The van der Waals surface area contributed by atoms with Gasteiger partial charge in [0, 0.05) is 47.2 Å². The lowest BCUT2D eigenvalue weighted by Gasteiger charge is -2.09. The van der Waals surface area contributed by atoms with E-state index in [2.05, 4.69) is 26.3 Å². The lowest BCUT2D eigenvalue weighted by molar-refractivity contribution is 0.393. The standard InChI is InChI=1S/C22H22N6O2/c1-11-20(12(2)30-27-11)16-9-17-15(10-19(16)29-5)21-18(8-14-6-7-23-28(14)4)24-13(3)25-22(21)26-17/h6-7,9-10H,8H2,1-5H3,(H,24,25,26). The predicted molar refractivity (Wildman–Crippen MR) is 114 cm³/mol. The van der Waals surface area contributed by atoms with Crippen LogP contribution < -0.4 is 4.74 Å². The van der Waals surface area contributed by atoms with Gasteiger partial charge in [-0.25, -0.2) is 9.97 Å². The minimum absolute atomic E-state index is 0.664. The van der Waals surface area contributed by atoms with Crippen LogP contribution in [0.2, 0.25) is 0 Å². The van der Waals surface area contributed by atoms with E-state index in [9.17, 15) is 0 Å². The molecular formula is C22H22N6O2. The molecule has 0 aliphatic heterocycles. The van der Waals surface area contributed by atoms with Crippen molar-refractivity contribution in [2.45, 2.75) is 27.2 Å². The SMILES string of the molecule is COc1cc2c(cc1-c1c(C)noc1C)[nH]c1nc(C)nc(Cc3ccnn3C)c12. The number of H-pyrrole nitrogens is 1. The molecule has 0 amide bonds. The third kappa shape index (κ3) is 2.75. The average Bonchev–Trinajstić information content (AvgIpc) is 3.37. The molecule has 0 spiro atoms. The second-order valence-electron chi connectivity index (χ2n) is 7.49. The lowest BCUT2D eigenvalue weighted by Crippen LogP contribution is -2.03. The Morgan fingerprint density at radius 3 is 2.67 bits per heavy atom. The number of aromatic nitrogens is 6. The Morgan fingerprint density at radius 1 is 1.17 bits per heavy atom. The first-order chi connectivity index (χ1) is 14.5. The number of nitrogens with zero attached hydrogens (tertiary/aromatic N) is 5. The van der Waals surface area contributed by atoms with Crippen molar-refractivity contribution in [3.63, 3.8) is 0 Å². The highest BCUT2D eigenvalue weighted by molar-refractivity contribution is 6.09. The normalized spacial score (nSPS) is 11.6. The number of methoxy groups -OCH3 is 1. The van der Waals surface area contributed by atoms with Gasteiger partial charge in [0.1, 0.15) is 23.0 Å². The summed E-state index contributed by atoms with van der Waals surface area (Å²) in [4.78, 5) is 12.9. The second kappa shape index (κ2) is 6.69. The van der Waals surface area contributed by atoms with Crippen LogP contribution in [0, 0.1) is 20.8 Å². The fraction of sp³-hybridized carbons (Fsp3) is 0.273. The van der Waals surface area contributed by atoms with E-state index in [0.29, 0.717) is 6.42 Å². The monoisotopic (exact) mass is 402 g/mol. The van der Waals surface area contributed by atoms with E-state index in [1.807, 2.05) is 44.6 Å². The molecule has 0 bridgehead atoms. The van der Waals surface area contributed by atoms with Crippen molar-refractivity contribution in [1.29, 1.82) is 0 Å². The van der Waals surface area contributed by atoms with Crippen LogP contribution in [0.1, 0.15) is 28.7 Å². The van der Waals surface area contributed by atoms with Crippen molar-refractivity contribution in [2.24, 2.45) is 7.05 Å². The number of rotatable bonds is 4. The van der Waals surface area contributed by atoms with E-state index in [1.165, 1.54) is 0 Å². The van der Waals surface area contributed by atoms with Crippen molar-refractivity contribution < 1.29 is 9.26 Å². The van der Waals surface area contributed by atoms with E-state index in [-0.39, 0.29) is 0 Å². The van der Waals surface area contributed by atoms with E-state index in [0.717, 1.165) is 67.5 Å². The minimum Gasteiger partial charge on any atom is -0.496 e. The molecule has 8 nitrogen and oxygen atoms in total. The summed E-state index contributed by atoms with van der Waals surface area (Å²) in [6.45, 7) is 5.75. The number of benzene rings is 1. The van der Waals surface area contributed by atoms with Crippen LogP contribution in [-0.2, 0) is 13.5 Å². The maximum Gasteiger partial charge on any atom is 0.142 e. The van der Waals surface area contributed by atoms with Crippen molar-refractivity contribution in [3.8, 4) is 16.9 Å². The molecule has 0 aliphatic carbocycles. The Bertz CT molecular complexity index is 1390. The van der Waals surface area contributed by atoms with Crippen LogP contribution in [0.25, 0.3) is 33.1 Å². The van der Waals surface area contributed by atoms with Gasteiger partial charge in [0.05, 0.1) is 24.1 Å². The Morgan fingerprint density at radius 2 is 2.00 bits per heavy atom. The Hall–Kier alpha value is -3.68. The van der Waals surface area contributed by atoms with Crippen LogP contribution in [0.4, 0.5) is 0 Å². The molecule has 0 saturated heterocycles. The zero-order valence-corrected chi connectivity index (χ0v) is 17.6. The number of nitrogens with one attached hydrogen (secondary N) is 1. The molecule has 0 fully saturated rings. The molecule has 5 aromatic rings. The maximum atomic E-state index is 5.76. The molecule has 0 unspecified atom stereocenters. The predicted octanol–water partition coefficient (Wildman–Crippen LogP) is 4.02. The third-order valence-corrected chi connectivity index (χ3v) is 5.53. The third-order valence-electron chi connectivity index (χ3n) is 5.53. The van der Waals surface area contributed by atoms with Gasteiger partial charge in [-0.15, -0.1) is 0 Å². The van der Waals surface area contributed by atoms with Gasteiger partial charge in [0.15, 0.2) is 0 Å². The van der Waals surface area contributed by atoms with Crippen LogP contribution in [0.3, 0.4) is 0 Å². The zero-order chi connectivity index (χ0) is 21.0. The number of hydrogen-bond acceptors (Lipinski definition) is 6. The van der Waals surface area contributed by atoms with Gasteiger partial charge in [-0.2, -0.15) is 5.10 Å². The van der Waals surface area contributed by atoms with Crippen LogP contribution in [0.5, 0.6) is 5.75 Å². The number of aryl methyl sites for hydroxylation is 4. The molecule has 0 radical (unpaired) electrons. The first kappa shape index (κ1) is 18.4. The molecule has 0 atom stereocenters. The summed E-state index contributed by atoms with van der Waals surface area (Å²) in [6.07, 6.45) is 2.46. The van der Waals surface area contributed by atoms with Crippen molar-refractivity contribution in [1.82, 2.24) is 29.9 Å². The average molecular weight is 402 g/mol. The van der Waals surface area contributed by atoms with Crippen LogP contribution in [0.15, 0.2) is 28.9 Å². The quantitative estimate of drug-likeness (QED) is 0.488. The summed E-state index contributed by atoms with van der Waals surface area (Å²) in [5, 5.41) is 10.4. The number of hydrogen-bond donors (Lipinski definition) is 1. The summed E-state index contributed by atoms with van der Waals surface area (Å²) in [6, 6.07) is 6.13. The van der Waals surface area contributed by atoms with Gasteiger partial charge in [0.25, 0.3) is 0 Å².